The fourth-order valence-corrected chi connectivity index (χ4v) is 4.69. The number of nitriles is 1. The highest BCUT2D eigenvalue weighted by Crippen LogP contribution is 2.48. The Morgan fingerprint density at radius 2 is 2.38 bits per heavy atom. The molecule has 2 aromatic rings. The fourth-order valence-electron chi connectivity index (χ4n) is 3.54. The van der Waals surface area contributed by atoms with E-state index in [1.54, 1.807) is 0 Å². The lowest BCUT2D eigenvalue weighted by atomic mass is 9.76. The number of hydrogen-bond donors (Lipinski definition) is 0. The molecule has 5 heteroatoms. The number of fused-ring (bicyclic) bond motifs is 4. The van der Waals surface area contributed by atoms with Crippen LogP contribution in [0, 0.1) is 11.3 Å². The van der Waals surface area contributed by atoms with Crippen molar-refractivity contribution in [2.75, 3.05) is 6.61 Å². The molecule has 0 radical (unpaired) electrons. The van der Waals surface area contributed by atoms with Gasteiger partial charge in [0.2, 0.25) is 0 Å². The number of aromatic nitrogens is 2. The van der Waals surface area contributed by atoms with Gasteiger partial charge >= 0.3 is 0 Å². The van der Waals surface area contributed by atoms with Crippen LogP contribution in [-0.2, 0) is 23.3 Å². The van der Waals surface area contributed by atoms with Gasteiger partial charge in [-0.2, -0.15) is 5.26 Å². The Kier molecular flexibility index (Phi) is 3.05. The number of halogens is 1. The van der Waals surface area contributed by atoms with E-state index < -0.39 is 5.60 Å². The minimum absolute atomic E-state index is 0.367. The topological polar surface area (TPSA) is 50.8 Å². The predicted molar refractivity (Wildman–Crippen MR) is 86.2 cm³/mol. The first-order valence-corrected chi connectivity index (χ1v) is 8.32. The zero-order valence-electron chi connectivity index (χ0n) is 11.4. The van der Waals surface area contributed by atoms with Crippen LogP contribution in [0.5, 0.6) is 0 Å². The monoisotopic (exact) mass is 391 g/mol. The van der Waals surface area contributed by atoms with Gasteiger partial charge in [-0.05, 0) is 36.1 Å². The van der Waals surface area contributed by atoms with Crippen LogP contribution < -0.4 is 0 Å². The average molecular weight is 391 g/mol. The van der Waals surface area contributed by atoms with E-state index >= 15 is 0 Å². The molecule has 1 aliphatic heterocycles. The first-order chi connectivity index (χ1) is 10.3. The molecule has 1 aliphatic carbocycles. The molecule has 0 N–H and O–H groups in total. The molecule has 4 nitrogen and oxygen atoms in total. The maximum atomic E-state index is 9.12. The minimum Gasteiger partial charge on any atom is -0.361 e. The van der Waals surface area contributed by atoms with Gasteiger partial charge in [-0.25, -0.2) is 4.98 Å². The minimum atomic E-state index is -0.420. The van der Waals surface area contributed by atoms with Crippen LogP contribution >= 0.6 is 22.6 Å². The first kappa shape index (κ1) is 13.3. The zero-order chi connectivity index (χ0) is 14.4. The summed E-state index contributed by atoms with van der Waals surface area (Å²) >= 11 is 2.51. The molecule has 0 amide bonds. The summed E-state index contributed by atoms with van der Waals surface area (Å²) in [5.74, 6) is 0. The molecule has 4 rings (SSSR count). The normalized spacial score (nSPS) is 27.0. The third-order valence-electron chi connectivity index (χ3n) is 4.50. The molecule has 0 saturated heterocycles. The number of hydrogen-bond acceptors (Lipinski definition) is 3. The molecule has 2 atom stereocenters. The van der Waals surface area contributed by atoms with E-state index in [1.165, 1.54) is 11.1 Å². The SMILES string of the molecule is N#Cc1ccc2c(c1)CC[C@H](I)[C@@]21OCCn2cncc21. The Bertz CT molecular complexity index is 748. The van der Waals surface area contributed by atoms with Crippen molar-refractivity contribution in [1.29, 1.82) is 5.26 Å². The van der Waals surface area contributed by atoms with E-state index in [9.17, 15) is 0 Å². The molecule has 21 heavy (non-hydrogen) atoms. The van der Waals surface area contributed by atoms with Gasteiger partial charge in [-0.3, -0.25) is 0 Å². The van der Waals surface area contributed by atoms with Crippen molar-refractivity contribution >= 4 is 22.6 Å². The maximum Gasteiger partial charge on any atom is 0.146 e. The van der Waals surface area contributed by atoms with Gasteiger partial charge in [0.25, 0.3) is 0 Å². The molecule has 0 saturated carbocycles. The summed E-state index contributed by atoms with van der Waals surface area (Å²) in [6.07, 6.45) is 5.87. The van der Waals surface area contributed by atoms with Gasteiger partial charge in [0.1, 0.15) is 5.60 Å². The molecule has 1 spiro atoms. The average Bonchev–Trinajstić information content (AvgIpc) is 3.00. The molecule has 2 aliphatic rings. The van der Waals surface area contributed by atoms with Crippen LogP contribution in [0.15, 0.2) is 30.7 Å². The Hall–Kier alpha value is -1.39. The smallest absolute Gasteiger partial charge is 0.146 e. The molecule has 106 valence electrons. The number of benzene rings is 1. The van der Waals surface area contributed by atoms with E-state index in [4.69, 9.17) is 10.00 Å². The number of imidazole rings is 1. The summed E-state index contributed by atoms with van der Waals surface area (Å²) in [4.78, 5) is 4.32. The largest absolute Gasteiger partial charge is 0.361 e. The molecule has 0 fully saturated rings. The van der Waals surface area contributed by atoms with Crippen molar-refractivity contribution < 1.29 is 4.74 Å². The molecular formula is C16H14IN3O. The number of aryl methyl sites for hydroxylation is 1. The van der Waals surface area contributed by atoms with Crippen LogP contribution in [0.3, 0.4) is 0 Å². The summed E-state index contributed by atoms with van der Waals surface area (Å²) in [6, 6.07) is 8.21. The standard InChI is InChI=1S/C16H14IN3O/c17-14-4-2-12-7-11(8-18)1-3-13(12)16(14)15-9-19-10-20(15)5-6-21-16/h1,3,7,9-10,14H,2,4-6H2/t14-,16-/m0/s1. The summed E-state index contributed by atoms with van der Waals surface area (Å²) in [7, 11) is 0. The molecule has 1 aromatic heterocycles. The number of ether oxygens (including phenoxy) is 1. The maximum absolute atomic E-state index is 9.12. The number of alkyl halides is 1. The molecule has 1 aromatic carbocycles. The Balaban J connectivity index is 1.97. The summed E-state index contributed by atoms with van der Waals surface area (Å²) < 4.78 is 8.92. The van der Waals surface area contributed by atoms with Crippen LogP contribution in [0.25, 0.3) is 0 Å². The molecular weight excluding hydrogens is 377 g/mol. The quantitative estimate of drug-likeness (QED) is 0.513. The van der Waals surface area contributed by atoms with Gasteiger partial charge in [0.15, 0.2) is 0 Å². The molecule has 2 heterocycles. The molecule has 0 bridgehead atoms. The van der Waals surface area contributed by atoms with Crippen LogP contribution in [0.1, 0.15) is 28.8 Å². The Morgan fingerprint density at radius 1 is 1.48 bits per heavy atom. The van der Waals surface area contributed by atoms with Gasteiger partial charge in [-0.15, -0.1) is 0 Å². The van der Waals surface area contributed by atoms with E-state index in [0.717, 1.165) is 30.6 Å². The molecule has 0 unspecified atom stereocenters. The second kappa shape index (κ2) is 4.82. The second-order valence-corrected chi connectivity index (χ2v) is 7.05. The lowest BCUT2D eigenvalue weighted by Gasteiger charge is -2.45. The Labute approximate surface area is 136 Å². The highest BCUT2D eigenvalue weighted by molar-refractivity contribution is 14.1. The van der Waals surface area contributed by atoms with E-state index in [-0.39, 0.29) is 0 Å². The Morgan fingerprint density at radius 3 is 3.24 bits per heavy atom. The van der Waals surface area contributed by atoms with Crippen LogP contribution in [-0.4, -0.2) is 20.1 Å². The lowest BCUT2D eigenvalue weighted by Crippen LogP contribution is -2.48. The number of rotatable bonds is 0. The summed E-state index contributed by atoms with van der Waals surface area (Å²) in [6.45, 7) is 1.55. The first-order valence-electron chi connectivity index (χ1n) is 7.08. The third-order valence-corrected chi connectivity index (χ3v) is 6.00. The van der Waals surface area contributed by atoms with Crippen molar-refractivity contribution in [1.82, 2.24) is 9.55 Å². The van der Waals surface area contributed by atoms with Gasteiger partial charge in [0.05, 0.1) is 40.4 Å². The lowest BCUT2D eigenvalue weighted by molar-refractivity contribution is -0.0503. The summed E-state index contributed by atoms with van der Waals surface area (Å²) in [5.41, 5.74) is 3.88. The second-order valence-electron chi connectivity index (χ2n) is 5.55. The highest BCUT2D eigenvalue weighted by Gasteiger charge is 2.49. The van der Waals surface area contributed by atoms with Crippen molar-refractivity contribution in [2.24, 2.45) is 0 Å². The predicted octanol–water partition coefficient (Wildman–Crippen LogP) is 2.78. The fraction of sp³-hybridized carbons (Fsp3) is 0.375. The van der Waals surface area contributed by atoms with Crippen LogP contribution in [0.4, 0.5) is 0 Å². The van der Waals surface area contributed by atoms with E-state index in [0.29, 0.717) is 10.5 Å². The van der Waals surface area contributed by atoms with Gasteiger partial charge in [0, 0.05) is 6.54 Å². The van der Waals surface area contributed by atoms with Crippen LogP contribution in [0.2, 0.25) is 0 Å². The van der Waals surface area contributed by atoms with Crippen molar-refractivity contribution in [2.45, 2.75) is 28.9 Å². The highest BCUT2D eigenvalue weighted by atomic mass is 127. The van der Waals surface area contributed by atoms with E-state index in [1.807, 2.05) is 24.7 Å². The number of nitrogens with zero attached hydrogens (tertiary/aromatic N) is 3. The van der Waals surface area contributed by atoms with Crippen molar-refractivity contribution in [3.8, 4) is 6.07 Å². The van der Waals surface area contributed by atoms with Crippen molar-refractivity contribution in [3.05, 3.63) is 53.1 Å². The summed E-state index contributed by atoms with van der Waals surface area (Å²) in [5, 5.41) is 9.12. The van der Waals surface area contributed by atoms with Crippen molar-refractivity contribution in [3.63, 3.8) is 0 Å². The van der Waals surface area contributed by atoms with Gasteiger partial charge < -0.3 is 9.30 Å². The van der Waals surface area contributed by atoms with E-state index in [2.05, 4.69) is 44.3 Å². The van der Waals surface area contributed by atoms with Gasteiger partial charge in [-0.1, -0.05) is 28.7 Å². The third kappa shape index (κ3) is 1.79. The zero-order valence-corrected chi connectivity index (χ0v) is 13.6.